The lowest BCUT2D eigenvalue weighted by Crippen LogP contribution is -2.42. The number of aliphatic hydroxyl groups excluding tert-OH is 1. The lowest BCUT2D eigenvalue weighted by Gasteiger charge is -2.36. The smallest absolute Gasteiger partial charge is 0.125 e. The van der Waals surface area contributed by atoms with Crippen molar-refractivity contribution in [2.24, 2.45) is 11.8 Å². The van der Waals surface area contributed by atoms with Crippen LogP contribution in [-0.4, -0.2) is 30.4 Å². The van der Waals surface area contributed by atoms with Gasteiger partial charge in [0, 0.05) is 0 Å². The molecule has 2 aliphatic carbocycles. The maximum Gasteiger partial charge on any atom is 0.125 e. The first kappa shape index (κ1) is 16.1. The molecule has 1 saturated carbocycles. The summed E-state index contributed by atoms with van der Waals surface area (Å²) in [4.78, 5) is 0. The van der Waals surface area contributed by atoms with Crippen molar-refractivity contribution in [2.75, 3.05) is 13.1 Å². The fraction of sp³-hybridized carbons (Fsp3) is 0.667. The third-order valence-corrected chi connectivity index (χ3v) is 5.62. The molecule has 0 bridgehead atoms. The van der Waals surface area contributed by atoms with Gasteiger partial charge < -0.3 is 15.2 Å². The molecular weight excluding hydrogens is 298 g/mol. The van der Waals surface area contributed by atoms with Crippen molar-refractivity contribution >= 4 is 12.4 Å². The van der Waals surface area contributed by atoms with E-state index < -0.39 is 0 Å². The van der Waals surface area contributed by atoms with Crippen molar-refractivity contribution in [3.05, 3.63) is 29.3 Å². The van der Waals surface area contributed by atoms with Crippen LogP contribution in [0.3, 0.4) is 0 Å². The summed E-state index contributed by atoms with van der Waals surface area (Å²) >= 11 is 0. The SMILES string of the molecule is Cl.O[C@@H]1C[C@H]2CNC[C@H]2C[C@H]1Oc1cccc2c1CCCC2. The molecule has 22 heavy (non-hydrogen) atoms. The largest absolute Gasteiger partial charge is 0.487 e. The molecule has 0 aromatic heterocycles. The Hall–Kier alpha value is -0.770. The van der Waals surface area contributed by atoms with E-state index in [1.807, 2.05) is 0 Å². The monoisotopic (exact) mass is 323 g/mol. The zero-order valence-electron chi connectivity index (χ0n) is 13.0. The van der Waals surface area contributed by atoms with Crippen molar-refractivity contribution in [3.8, 4) is 5.75 Å². The Labute approximate surface area is 138 Å². The molecule has 3 nitrogen and oxygen atoms in total. The van der Waals surface area contributed by atoms with Crippen LogP contribution in [0.25, 0.3) is 0 Å². The number of fused-ring (bicyclic) bond motifs is 2. The molecule has 1 aromatic carbocycles. The number of aryl methyl sites for hydroxylation is 1. The van der Waals surface area contributed by atoms with E-state index in [9.17, 15) is 5.11 Å². The van der Waals surface area contributed by atoms with Crippen molar-refractivity contribution < 1.29 is 9.84 Å². The van der Waals surface area contributed by atoms with E-state index in [0.29, 0.717) is 11.8 Å². The Morgan fingerprint density at radius 1 is 1.05 bits per heavy atom. The molecule has 1 aromatic rings. The highest BCUT2D eigenvalue weighted by atomic mass is 35.5. The van der Waals surface area contributed by atoms with Crippen LogP contribution in [0.4, 0.5) is 0 Å². The molecule has 2 N–H and O–H groups in total. The van der Waals surface area contributed by atoms with Gasteiger partial charge in [0.1, 0.15) is 11.9 Å². The van der Waals surface area contributed by atoms with Crippen LogP contribution in [0.5, 0.6) is 5.75 Å². The van der Waals surface area contributed by atoms with E-state index in [0.717, 1.165) is 38.1 Å². The quantitative estimate of drug-likeness (QED) is 0.879. The van der Waals surface area contributed by atoms with Gasteiger partial charge in [-0.3, -0.25) is 0 Å². The molecule has 1 aliphatic heterocycles. The van der Waals surface area contributed by atoms with Crippen molar-refractivity contribution in [2.45, 2.75) is 50.7 Å². The van der Waals surface area contributed by atoms with Gasteiger partial charge in [0.15, 0.2) is 0 Å². The Bertz CT molecular complexity index is 522. The second-order valence-electron chi connectivity index (χ2n) is 6.97. The van der Waals surface area contributed by atoms with Gasteiger partial charge in [-0.25, -0.2) is 0 Å². The van der Waals surface area contributed by atoms with Crippen LogP contribution in [0.1, 0.15) is 36.8 Å². The van der Waals surface area contributed by atoms with Crippen LogP contribution in [0, 0.1) is 11.8 Å². The summed E-state index contributed by atoms with van der Waals surface area (Å²) in [6.07, 6.45) is 6.38. The van der Waals surface area contributed by atoms with Gasteiger partial charge in [0.2, 0.25) is 0 Å². The maximum absolute atomic E-state index is 10.4. The average Bonchev–Trinajstić information content (AvgIpc) is 2.95. The minimum Gasteiger partial charge on any atom is -0.487 e. The number of hydrogen-bond donors (Lipinski definition) is 2. The molecule has 4 heteroatoms. The molecule has 122 valence electrons. The molecule has 3 aliphatic rings. The fourth-order valence-electron chi connectivity index (χ4n) is 4.40. The summed E-state index contributed by atoms with van der Waals surface area (Å²) in [6, 6.07) is 6.43. The number of hydrogen-bond acceptors (Lipinski definition) is 3. The molecule has 0 amide bonds. The first-order chi connectivity index (χ1) is 10.3. The lowest BCUT2D eigenvalue weighted by atomic mass is 9.78. The molecule has 0 unspecified atom stereocenters. The second kappa shape index (κ2) is 6.77. The minimum atomic E-state index is -0.314. The van der Waals surface area contributed by atoms with Crippen molar-refractivity contribution in [1.82, 2.24) is 5.32 Å². The Morgan fingerprint density at radius 2 is 1.82 bits per heavy atom. The molecule has 1 saturated heterocycles. The third-order valence-electron chi connectivity index (χ3n) is 5.62. The van der Waals surface area contributed by atoms with Gasteiger partial charge in [0.05, 0.1) is 6.10 Å². The van der Waals surface area contributed by atoms with Crippen LogP contribution < -0.4 is 10.1 Å². The predicted octanol–water partition coefficient (Wildman–Crippen LogP) is 2.72. The third kappa shape index (κ3) is 2.99. The Kier molecular flexibility index (Phi) is 4.96. The topological polar surface area (TPSA) is 41.5 Å². The second-order valence-corrected chi connectivity index (χ2v) is 6.97. The molecular formula is C18H26ClNO2. The first-order valence-electron chi connectivity index (χ1n) is 8.47. The van der Waals surface area contributed by atoms with E-state index in [1.165, 1.54) is 30.4 Å². The predicted molar refractivity (Wildman–Crippen MR) is 89.8 cm³/mol. The minimum absolute atomic E-state index is 0. The zero-order valence-corrected chi connectivity index (χ0v) is 13.8. The summed E-state index contributed by atoms with van der Waals surface area (Å²) in [5.74, 6) is 2.35. The van der Waals surface area contributed by atoms with E-state index in [2.05, 4.69) is 23.5 Å². The van der Waals surface area contributed by atoms with Gasteiger partial charge >= 0.3 is 0 Å². The standard InChI is InChI=1S/C18H25NO2.ClH/c20-16-8-13-10-19-11-14(13)9-18(16)21-17-7-3-5-12-4-1-2-6-15(12)17;/h3,5,7,13-14,16,18-20H,1-2,4,6,8-11H2;1H/t13-,14+,16+,18+;/m0./s1. The van der Waals surface area contributed by atoms with E-state index >= 15 is 0 Å². The zero-order chi connectivity index (χ0) is 14.2. The van der Waals surface area contributed by atoms with E-state index in [1.54, 1.807) is 0 Å². The summed E-state index contributed by atoms with van der Waals surface area (Å²) in [5, 5.41) is 13.9. The normalized spacial score (nSPS) is 33.5. The fourth-order valence-corrected chi connectivity index (χ4v) is 4.40. The Morgan fingerprint density at radius 3 is 2.68 bits per heavy atom. The van der Waals surface area contributed by atoms with E-state index in [-0.39, 0.29) is 24.6 Å². The number of benzene rings is 1. The average molecular weight is 324 g/mol. The lowest BCUT2D eigenvalue weighted by molar-refractivity contribution is -0.0236. The van der Waals surface area contributed by atoms with Gasteiger partial charge in [-0.1, -0.05) is 12.1 Å². The van der Waals surface area contributed by atoms with Crippen LogP contribution in [0.2, 0.25) is 0 Å². The van der Waals surface area contributed by atoms with Crippen LogP contribution in [0.15, 0.2) is 18.2 Å². The van der Waals surface area contributed by atoms with Gasteiger partial charge in [-0.2, -0.15) is 0 Å². The number of ether oxygens (including phenoxy) is 1. The molecule has 4 rings (SSSR count). The summed E-state index contributed by atoms with van der Waals surface area (Å²) in [6.45, 7) is 2.15. The first-order valence-corrected chi connectivity index (χ1v) is 8.47. The van der Waals surface area contributed by atoms with Crippen LogP contribution >= 0.6 is 12.4 Å². The highest BCUT2D eigenvalue weighted by Crippen LogP contribution is 2.37. The highest BCUT2D eigenvalue weighted by molar-refractivity contribution is 5.85. The van der Waals surface area contributed by atoms with Crippen molar-refractivity contribution in [1.29, 1.82) is 0 Å². The highest BCUT2D eigenvalue weighted by Gasteiger charge is 2.40. The number of nitrogens with one attached hydrogen (secondary N) is 1. The van der Waals surface area contributed by atoms with Gasteiger partial charge in [0.25, 0.3) is 0 Å². The maximum atomic E-state index is 10.4. The molecule has 0 radical (unpaired) electrons. The van der Waals surface area contributed by atoms with E-state index in [4.69, 9.17) is 4.74 Å². The van der Waals surface area contributed by atoms with Gasteiger partial charge in [-0.05, 0) is 80.6 Å². The molecule has 0 spiro atoms. The van der Waals surface area contributed by atoms with Gasteiger partial charge in [-0.15, -0.1) is 12.4 Å². The molecule has 2 fully saturated rings. The summed E-state index contributed by atoms with van der Waals surface area (Å²) in [7, 11) is 0. The number of aliphatic hydroxyl groups is 1. The number of halogens is 1. The van der Waals surface area contributed by atoms with Crippen LogP contribution in [-0.2, 0) is 12.8 Å². The number of rotatable bonds is 2. The van der Waals surface area contributed by atoms with Crippen molar-refractivity contribution in [3.63, 3.8) is 0 Å². The summed E-state index contributed by atoms with van der Waals surface area (Å²) in [5.41, 5.74) is 2.84. The molecule has 4 atom stereocenters. The Balaban J connectivity index is 0.00000144. The summed E-state index contributed by atoms with van der Waals surface area (Å²) < 4.78 is 6.30. The molecule has 1 heterocycles.